The van der Waals surface area contributed by atoms with Crippen molar-refractivity contribution in [1.29, 1.82) is 0 Å². The Kier molecular flexibility index (Phi) is 32.6. The lowest BCUT2D eigenvalue weighted by atomic mass is 9.85. The molecule has 1 unspecified atom stereocenters. The quantitative estimate of drug-likeness (QED) is 0.0568. The van der Waals surface area contributed by atoms with E-state index in [1.54, 1.807) is 0 Å². The predicted octanol–water partition coefficient (Wildman–Crippen LogP) is 15.2. The first-order chi connectivity index (χ1) is 19.5. The lowest BCUT2D eigenvalue weighted by Gasteiger charge is -2.30. The van der Waals surface area contributed by atoms with Crippen molar-refractivity contribution >= 4 is 12.6 Å². The highest BCUT2D eigenvalue weighted by Gasteiger charge is 2.24. The third-order valence-corrected chi connectivity index (χ3v) is 9.93. The molecule has 40 heavy (non-hydrogen) atoms. The standard InChI is InChI=1S/C39H80S/c1-5-7-9-11-13-15-17-19-20-21-22-23-25-27-29-31-33-35-37-38(39(3,4)40)36-34-32-30-28-26-24-18-16-14-12-10-8-6-2/h38,40H,5-37H2,1-4H3. The molecule has 0 aromatic rings. The smallest absolute Gasteiger partial charge is 0.0101 e. The zero-order valence-electron chi connectivity index (χ0n) is 28.9. The van der Waals surface area contributed by atoms with Crippen molar-refractivity contribution in [3.8, 4) is 0 Å². The van der Waals surface area contributed by atoms with Crippen LogP contribution in [0.3, 0.4) is 0 Å². The van der Waals surface area contributed by atoms with Crippen LogP contribution in [0.4, 0.5) is 0 Å². The number of thiol groups is 1. The monoisotopic (exact) mass is 581 g/mol. The molecule has 1 heteroatoms. The molecule has 242 valence electrons. The topological polar surface area (TPSA) is 0 Å². The number of hydrogen-bond donors (Lipinski definition) is 1. The molecule has 0 radical (unpaired) electrons. The summed E-state index contributed by atoms with van der Waals surface area (Å²) >= 11 is 5.01. The Balaban J connectivity index is 3.48. The average molecular weight is 581 g/mol. The molecule has 0 aromatic heterocycles. The summed E-state index contributed by atoms with van der Waals surface area (Å²) in [5, 5.41) is 0. The van der Waals surface area contributed by atoms with Crippen molar-refractivity contribution in [2.45, 2.75) is 244 Å². The maximum absolute atomic E-state index is 5.01. The Hall–Kier alpha value is 0.350. The fourth-order valence-corrected chi connectivity index (χ4v) is 6.81. The molecule has 1 atom stereocenters. The SMILES string of the molecule is CCCCCCCCCCCCCCCCCCCCC(CCCCCCCCCCCCCCC)C(C)(C)S. The van der Waals surface area contributed by atoms with Crippen LogP contribution < -0.4 is 0 Å². The van der Waals surface area contributed by atoms with Gasteiger partial charge in [-0.3, -0.25) is 0 Å². The summed E-state index contributed by atoms with van der Waals surface area (Å²) in [6, 6.07) is 0. The van der Waals surface area contributed by atoms with Gasteiger partial charge in [0.2, 0.25) is 0 Å². The van der Waals surface area contributed by atoms with E-state index >= 15 is 0 Å². The molecule has 0 bridgehead atoms. The summed E-state index contributed by atoms with van der Waals surface area (Å²) in [5.74, 6) is 0.796. The van der Waals surface area contributed by atoms with Crippen molar-refractivity contribution in [3.63, 3.8) is 0 Å². The highest BCUT2D eigenvalue weighted by molar-refractivity contribution is 7.81. The van der Waals surface area contributed by atoms with Crippen molar-refractivity contribution in [2.75, 3.05) is 0 Å². The maximum Gasteiger partial charge on any atom is 0.0101 e. The van der Waals surface area contributed by atoms with E-state index in [-0.39, 0.29) is 4.75 Å². The Morgan fingerprint density at radius 1 is 0.325 bits per heavy atom. The number of unbranched alkanes of at least 4 members (excludes halogenated alkanes) is 29. The van der Waals surface area contributed by atoms with E-state index in [1.165, 1.54) is 212 Å². The van der Waals surface area contributed by atoms with Gasteiger partial charge in [-0.15, -0.1) is 0 Å². The van der Waals surface area contributed by atoms with Crippen molar-refractivity contribution < 1.29 is 0 Å². The molecule has 0 nitrogen and oxygen atoms in total. The van der Waals surface area contributed by atoms with Crippen LogP contribution in [-0.2, 0) is 0 Å². The molecule has 0 rings (SSSR count). The highest BCUT2D eigenvalue weighted by atomic mass is 32.1. The Morgan fingerprint density at radius 2 is 0.500 bits per heavy atom. The fraction of sp³-hybridized carbons (Fsp3) is 1.00. The molecule has 0 saturated heterocycles. The van der Waals surface area contributed by atoms with Gasteiger partial charge in [0.25, 0.3) is 0 Å². The highest BCUT2D eigenvalue weighted by Crippen LogP contribution is 2.33. The second kappa shape index (κ2) is 32.3. The van der Waals surface area contributed by atoms with Crippen LogP contribution >= 0.6 is 12.6 Å². The summed E-state index contributed by atoms with van der Waals surface area (Å²) in [7, 11) is 0. The van der Waals surface area contributed by atoms with Gasteiger partial charge in [-0.2, -0.15) is 12.6 Å². The van der Waals surface area contributed by atoms with Crippen LogP contribution in [0.5, 0.6) is 0 Å². The molecular formula is C39H80S. The molecule has 0 aliphatic carbocycles. The predicted molar refractivity (Wildman–Crippen MR) is 190 cm³/mol. The van der Waals surface area contributed by atoms with Crippen LogP contribution in [0.15, 0.2) is 0 Å². The van der Waals surface area contributed by atoms with Crippen LogP contribution in [0.2, 0.25) is 0 Å². The molecule has 0 aliphatic rings. The second-order valence-electron chi connectivity index (χ2n) is 14.2. The Bertz CT molecular complexity index is 450. The van der Waals surface area contributed by atoms with Gasteiger partial charge in [0, 0.05) is 4.75 Å². The minimum absolute atomic E-state index is 0.186. The first-order valence-corrected chi connectivity index (χ1v) is 19.7. The van der Waals surface area contributed by atoms with Gasteiger partial charge in [0.15, 0.2) is 0 Å². The van der Waals surface area contributed by atoms with E-state index in [2.05, 4.69) is 27.7 Å². The lowest BCUT2D eigenvalue weighted by Crippen LogP contribution is -2.24. The normalized spacial score (nSPS) is 12.8. The van der Waals surface area contributed by atoms with E-state index < -0.39 is 0 Å². The van der Waals surface area contributed by atoms with Crippen LogP contribution in [0.1, 0.15) is 240 Å². The van der Waals surface area contributed by atoms with Gasteiger partial charge >= 0.3 is 0 Å². The number of rotatable bonds is 34. The van der Waals surface area contributed by atoms with E-state index in [0.717, 1.165) is 5.92 Å². The Labute approximate surface area is 262 Å². The molecule has 0 heterocycles. The van der Waals surface area contributed by atoms with Crippen LogP contribution in [-0.4, -0.2) is 4.75 Å². The zero-order valence-corrected chi connectivity index (χ0v) is 29.8. The number of hydrogen-bond acceptors (Lipinski definition) is 1. The molecule has 0 N–H and O–H groups in total. The summed E-state index contributed by atoms with van der Waals surface area (Å²) in [6.07, 6.45) is 48.0. The molecule has 0 aliphatic heterocycles. The maximum atomic E-state index is 5.01. The third-order valence-electron chi connectivity index (χ3n) is 9.56. The largest absolute Gasteiger partial charge is 0.173 e. The van der Waals surface area contributed by atoms with Gasteiger partial charge < -0.3 is 0 Å². The summed E-state index contributed by atoms with van der Waals surface area (Å²) in [5.41, 5.74) is 0. The molecule has 0 spiro atoms. The van der Waals surface area contributed by atoms with E-state index in [1.807, 2.05) is 0 Å². The summed E-state index contributed by atoms with van der Waals surface area (Å²) < 4.78 is 0.186. The lowest BCUT2D eigenvalue weighted by molar-refractivity contribution is 0.342. The average Bonchev–Trinajstić information content (AvgIpc) is 2.93. The fourth-order valence-electron chi connectivity index (χ4n) is 6.55. The molecular weight excluding hydrogens is 500 g/mol. The minimum atomic E-state index is 0.186. The van der Waals surface area contributed by atoms with E-state index in [4.69, 9.17) is 12.6 Å². The van der Waals surface area contributed by atoms with Crippen LogP contribution in [0.25, 0.3) is 0 Å². The molecule has 0 aromatic carbocycles. The van der Waals surface area contributed by atoms with Crippen molar-refractivity contribution in [1.82, 2.24) is 0 Å². The van der Waals surface area contributed by atoms with E-state index in [9.17, 15) is 0 Å². The first-order valence-electron chi connectivity index (χ1n) is 19.2. The van der Waals surface area contributed by atoms with Crippen LogP contribution in [0, 0.1) is 5.92 Å². The van der Waals surface area contributed by atoms with Crippen molar-refractivity contribution in [3.05, 3.63) is 0 Å². The van der Waals surface area contributed by atoms with Gasteiger partial charge in [0.05, 0.1) is 0 Å². The molecule has 0 amide bonds. The third kappa shape index (κ3) is 31.3. The van der Waals surface area contributed by atoms with Gasteiger partial charge in [-0.25, -0.2) is 0 Å². The summed E-state index contributed by atoms with van der Waals surface area (Å²) in [6.45, 7) is 9.33. The Morgan fingerprint density at radius 3 is 0.675 bits per heavy atom. The molecule has 0 saturated carbocycles. The second-order valence-corrected chi connectivity index (χ2v) is 15.3. The van der Waals surface area contributed by atoms with Gasteiger partial charge in [-0.05, 0) is 18.8 Å². The van der Waals surface area contributed by atoms with Gasteiger partial charge in [0.1, 0.15) is 0 Å². The minimum Gasteiger partial charge on any atom is -0.173 e. The molecule has 0 fully saturated rings. The zero-order chi connectivity index (χ0) is 29.4. The van der Waals surface area contributed by atoms with Gasteiger partial charge in [-0.1, -0.05) is 227 Å². The van der Waals surface area contributed by atoms with E-state index in [0.29, 0.717) is 0 Å². The first kappa shape index (κ1) is 40.4. The summed E-state index contributed by atoms with van der Waals surface area (Å²) in [4.78, 5) is 0. The van der Waals surface area contributed by atoms with Crippen molar-refractivity contribution in [2.24, 2.45) is 5.92 Å².